The zero-order valence-corrected chi connectivity index (χ0v) is 11.4. The molecule has 108 valence electrons. The molecule has 1 N–H and O–H groups in total. The Morgan fingerprint density at radius 3 is 2.75 bits per heavy atom. The molecule has 1 aromatic heterocycles. The van der Waals surface area contributed by atoms with E-state index in [4.69, 9.17) is 11.6 Å². The van der Waals surface area contributed by atoms with E-state index in [2.05, 4.69) is 10.3 Å². The number of pyridine rings is 1. The average molecular weight is 303 g/mol. The van der Waals surface area contributed by atoms with Crippen molar-refractivity contribution in [3.8, 4) is 0 Å². The van der Waals surface area contributed by atoms with Gasteiger partial charge in [-0.3, -0.25) is 4.98 Å². The van der Waals surface area contributed by atoms with Gasteiger partial charge in [0.05, 0.1) is 5.52 Å². The molecule has 0 saturated carbocycles. The monoisotopic (exact) mass is 302 g/mol. The summed E-state index contributed by atoms with van der Waals surface area (Å²) in [5.74, 6) is 0. The van der Waals surface area contributed by atoms with Crippen LogP contribution in [0, 0.1) is 0 Å². The molecular formula is C14H14ClF3N2. The molecule has 0 aliphatic carbocycles. The van der Waals surface area contributed by atoms with Crippen LogP contribution in [0.2, 0.25) is 5.02 Å². The van der Waals surface area contributed by atoms with Crippen LogP contribution in [-0.4, -0.2) is 17.7 Å². The molecule has 0 atom stereocenters. The molecule has 0 fully saturated rings. The van der Waals surface area contributed by atoms with E-state index in [9.17, 15) is 13.2 Å². The highest BCUT2D eigenvalue weighted by molar-refractivity contribution is 6.35. The van der Waals surface area contributed by atoms with Crippen LogP contribution < -0.4 is 5.32 Å². The van der Waals surface area contributed by atoms with Crippen LogP contribution in [0.1, 0.15) is 18.4 Å². The minimum absolute atomic E-state index is 0.0719. The van der Waals surface area contributed by atoms with Crippen molar-refractivity contribution in [2.75, 3.05) is 6.54 Å². The molecule has 6 heteroatoms. The van der Waals surface area contributed by atoms with Crippen molar-refractivity contribution in [2.24, 2.45) is 0 Å². The molecule has 0 spiro atoms. The highest BCUT2D eigenvalue weighted by atomic mass is 35.5. The van der Waals surface area contributed by atoms with Crippen molar-refractivity contribution >= 4 is 22.5 Å². The molecule has 0 radical (unpaired) electrons. The maximum Gasteiger partial charge on any atom is 0.389 e. The molecule has 0 bridgehead atoms. The fourth-order valence-electron chi connectivity index (χ4n) is 1.98. The molecule has 0 aliphatic heterocycles. The molecule has 1 aromatic carbocycles. The summed E-state index contributed by atoms with van der Waals surface area (Å²) in [4.78, 5) is 4.28. The summed E-state index contributed by atoms with van der Waals surface area (Å²) in [6, 6.07) is 7.29. The predicted molar refractivity (Wildman–Crippen MR) is 73.7 cm³/mol. The Balaban J connectivity index is 1.95. The maximum atomic E-state index is 12.0. The lowest BCUT2D eigenvalue weighted by molar-refractivity contribution is -0.135. The van der Waals surface area contributed by atoms with E-state index in [0.29, 0.717) is 18.1 Å². The SMILES string of the molecule is FC(F)(F)CCCNCc1ccc(Cl)c2cccnc12. The number of nitrogens with zero attached hydrogens (tertiary/aromatic N) is 1. The first-order valence-electron chi connectivity index (χ1n) is 6.27. The first-order chi connectivity index (χ1) is 9.47. The van der Waals surface area contributed by atoms with Gasteiger partial charge in [0.1, 0.15) is 0 Å². The molecule has 0 saturated heterocycles. The van der Waals surface area contributed by atoms with Crippen LogP contribution in [-0.2, 0) is 6.54 Å². The van der Waals surface area contributed by atoms with E-state index in [1.54, 1.807) is 18.3 Å². The van der Waals surface area contributed by atoms with Crippen LogP contribution in [0.25, 0.3) is 10.9 Å². The Labute approximate surface area is 120 Å². The quantitative estimate of drug-likeness (QED) is 0.832. The van der Waals surface area contributed by atoms with Crippen molar-refractivity contribution in [1.82, 2.24) is 10.3 Å². The minimum atomic E-state index is -4.09. The largest absolute Gasteiger partial charge is 0.389 e. The lowest BCUT2D eigenvalue weighted by atomic mass is 10.1. The minimum Gasteiger partial charge on any atom is -0.313 e. The Morgan fingerprint density at radius 1 is 1.20 bits per heavy atom. The van der Waals surface area contributed by atoms with Gasteiger partial charge in [0.15, 0.2) is 0 Å². The van der Waals surface area contributed by atoms with E-state index in [1.165, 1.54) is 0 Å². The first kappa shape index (κ1) is 15.1. The Hall–Kier alpha value is -1.33. The highest BCUT2D eigenvalue weighted by Gasteiger charge is 2.25. The van der Waals surface area contributed by atoms with Crippen LogP contribution in [0.15, 0.2) is 30.5 Å². The lowest BCUT2D eigenvalue weighted by Gasteiger charge is -2.09. The second kappa shape index (κ2) is 6.41. The van der Waals surface area contributed by atoms with Crippen molar-refractivity contribution in [2.45, 2.75) is 25.6 Å². The molecule has 20 heavy (non-hydrogen) atoms. The third-order valence-electron chi connectivity index (χ3n) is 2.93. The number of nitrogens with one attached hydrogen (secondary N) is 1. The summed E-state index contributed by atoms with van der Waals surface area (Å²) in [6.45, 7) is 0.791. The fraction of sp³-hybridized carbons (Fsp3) is 0.357. The summed E-state index contributed by atoms with van der Waals surface area (Å²) in [6.07, 6.45) is -3.11. The molecule has 0 amide bonds. The lowest BCUT2D eigenvalue weighted by Crippen LogP contribution is -2.18. The number of hydrogen-bond donors (Lipinski definition) is 1. The summed E-state index contributed by atoms with van der Waals surface area (Å²) in [7, 11) is 0. The molecule has 0 aliphatic rings. The van der Waals surface area contributed by atoms with Crippen LogP contribution >= 0.6 is 11.6 Å². The topological polar surface area (TPSA) is 24.9 Å². The van der Waals surface area contributed by atoms with E-state index in [-0.39, 0.29) is 6.42 Å². The number of fused-ring (bicyclic) bond motifs is 1. The Kier molecular flexibility index (Phi) is 4.83. The van der Waals surface area contributed by atoms with Crippen molar-refractivity contribution in [3.63, 3.8) is 0 Å². The first-order valence-corrected chi connectivity index (χ1v) is 6.65. The van der Waals surface area contributed by atoms with Gasteiger partial charge in [0.25, 0.3) is 0 Å². The van der Waals surface area contributed by atoms with E-state index < -0.39 is 12.6 Å². The molecule has 2 nitrogen and oxygen atoms in total. The Morgan fingerprint density at radius 2 is 2.00 bits per heavy atom. The van der Waals surface area contributed by atoms with Gasteiger partial charge in [-0.25, -0.2) is 0 Å². The van der Waals surface area contributed by atoms with Crippen LogP contribution in [0.5, 0.6) is 0 Å². The third kappa shape index (κ3) is 4.08. The summed E-state index contributed by atoms with van der Waals surface area (Å²) in [5, 5.41) is 4.47. The number of aromatic nitrogens is 1. The maximum absolute atomic E-state index is 12.0. The second-order valence-corrected chi connectivity index (χ2v) is 4.91. The van der Waals surface area contributed by atoms with Gasteiger partial charge in [-0.15, -0.1) is 0 Å². The van der Waals surface area contributed by atoms with Gasteiger partial charge in [-0.2, -0.15) is 13.2 Å². The standard InChI is InChI=1S/C14H14ClF3N2/c15-12-5-4-10(13-11(12)3-1-8-20-13)9-19-7-2-6-14(16,17)18/h1,3-5,8,19H,2,6-7,9H2. The van der Waals surface area contributed by atoms with Gasteiger partial charge in [0, 0.05) is 29.6 Å². The van der Waals surface area contributed by atoms with Gasteiger partial charge in [-0.05, 0) is 36.7 Å². The fourth-order valence-corrected chi connectivity index (χ4v) is 2.19. The van der Waals surface area contributed by atoms with Gasteiger partial charge in [0.2, 0.25) is 0 Å². The Bertz CT molecular complexity index is 584. The van der Waals surface area contributed by atoms with Gasteiger partial charge >= 0.3 is 6.18 Å². The third-order valence-corrected chi connectivity index (χ3v) is 3.26. The van der Waals surface area contributed by atoms with E-state index >= 15 is 0 Å². The van der Waals surface area contributed by atoms with Gasteiger partial charge in [-0.1, -0.05) is 17.7 Å². The van der Waals surface area contributed by atoms with Crippen LogP contribution in [0.3, 0.4) is 0 Å². The predicted octanol–water partition coefficient (Wildman–Crippen LogP) is 4.32. The molecule has 2 aromatic rings. The second-order valence-electron chi connectivity index (χ2n) is 4.50. The molecule has 2 rings (SSSR count). The summed E-state index contributed by atoms with van der Waals surface area (Å²) >= 11 is 6.08. The normalized spacial score (nSPS) is 12.0. The zero-order valence-electron chi connectivity index (χ0n) is 10.7. The summed E-state index contributed by atoms with van der Waals surface area (Å²) in [5.41, 5.74) is 1.71. The van der Waals surface area contributed by atoms with E-state index in [0.717, 1.165) is 16.5 Å². The smallest absolute Gasteiger partial charge is 0.313 e. The number of rotatable bonds is 5. The molecule has 1 heterocycles. The number of alkyl halides is 3. The molecule has 0 unspecified atom stereocenters. The number of hydrogen-bond acceptors (Lipinski definition) is 2. The van der Waals surface area contributed by atoms with Crippen molar-refractivity contribution in [1.29, 1.82) is 0 Å². The van der Waals surface area contributed by atoms with E-state index in [1.807, 2.05) is 12.1 Å². The number of benzene rings is 1. The van der Waals surface area contributed by atoms with Crippen molar-refractivity contribution in [3.05, 3.63) is 41.0 Å². The summed E-state index contributed by atoms with van der Waals surface area (Å²) < 4.78 is 36.0. The van der Waals surface area contributed by atoms with Gasteiger partial charge < -0.3 is 5.32 Å². The molecular weight excluding hydrogens is 289 g/mol. The zero-order chi connectivity index (χ0) is 14.6. The number of halogens is 4. The van der Waals surface area contributed by atoms with Crippen LogP contribution in [0.4, 0.5) is 13.2 Å². The highest BCUT2D eigenvalue weighted by Crippen LogP contribution is 2.24. The van der Waals surface area contributed by atoms with Crippen molar-refractivity contribution < 1.29 is 13.2 Å². The average Bonchev–Trinajstić information content (AvgIpc) is 2.40.